The molecule has 2 aromatic carbocycles. The molecule has 2 aromatic rings. The second kappa shape index (κ2) is 6.55. The Hall–Kier alpha value is -2.57. The molecule has 0 aliphatic rings. The molecular weight excluding hydrogens is 248 g/mol. The van der Waals surface area contributed by atoms with Crippen LogP contribution in [0.4, 0.5) is 5.69 Å². The number of nitrogens with two attached hydrogens (primary N) is 1. The third-order valence-electron chi connectivity index (χ3n) is 2.71. The molecule has 2 rings (SSSR count). The Balaban J connectivity index is 2.21. The molecule has 0 radical (unpaired) electrons. The zero-order valence-electron chi connectivity index (χ0n) is 11.3. The fourth-order valence-corrected chi connectivity index (χ4v) is 1.87. The second-order valence-corrected chi connectivity index (χ2v) is 4.41. The first-order chi connectivity index (χ1) is 9.69. The minimum atomic E-state index is -0.131. The monoisotopic (exact) mass is 264 g/mol. The first-order valence-corrected chi connectivity index (χ1v) is 6.36. The van der Waals surface area contributed by atoms with E-state index in [2.05, 4.69) is 17.2 Å². The SMILES string of the molecule is Cc1cc(C#CCN)cc(NC(=O)c2ccccc2)c1. The molecule has 20 heavy (non-hydrogen) atoms. The molecule has 0 aliphatic carbocycles. The quantitative estimate of drug-likeness (QED) is 0.819. The van der Waals surface area contributed by atoms with E-state index in [-0.39, 0.29) is 5.91 Å². The minimum absolute atomic E-state index is 0.131. The number of carbonyl (C=O) groups is 1. The molecule has 0 spiro atoms. The molecule has 3 nitrogen and oxygen atoms in total. The van der Waals surface area contributed by atoms with Crippen molar-refractivity contribution in [2.24, 2.45) is 5.73 Å². The van der Waals surface area contributed by atoms with Gasteiger partial charge in [-0.05, 0) is 42.8 Å². The molecule has 0 aromatic heterocycles. The number of amides is 1. The molecule has 0 saturated carbocycles. The van der Waals surface area contributed by atoms with Crippen LogP contribution < -0.4 is 11.1 Å². The summed E-state index contributed by atoms with van der Waals surface area (Å²) in [5.41, 5.74) is 8.62. The van der Waals surface area contributed by atoms with Gasteiger partial charge in [0, 0.05) is 16.8 Å². The van der Waals surface area contributed by atoms with Gasteiger partial charge < -0.3 is 11.1 Å². The third-order valence-corrected chi connectivity index (χ3v) is 2.71. The summed E-state index contributed by atoms with van der Waals surface area (Å²) in [6.45, 7) is 2.28. The summed E-state index contributed by atoms with van der Waals surface area (Å²) < 4.78 is 0. The number of carbonyl (C=O) groups excluding carboxylic acids is 1. The summed E-state index contributed by atoms with van der Waals surface area (Å²) in [5.74, 6) is 5.65. The van der Waals surface area contributed by atoms with Gasteiger partial charge in [-0.2, -0.15) is 0 Å². The van der Waals surface area contributed by atoms with Crippen molar-refractivity contribution < 1.29 is 4.79 Å². The molecule has 0 fully saturated rings. The molecule has 0 bridgehead atoms. The summed E-state index contributed by atoms with van der Waals surface area (Å²) >= 11 is 0. The lowest BCUT2D eigenvalue weighted by Crippen LogP contribution is -2.11. The Bertz CT molecular complexity index is 666. The molecule has 0 aliphatic heterocycles. The highest BCUT2D eigenvalue weighted by molar-refractivity contribution is 6.04. The van der Waals surface area contributed by atoms with E-state index in [9.17, 15) is 4.79 Å². The topological polar surface area (TPSA) is 55.1 Å². The Morgan fingerprint density at radius 2 is 1.95 bits per heavy atom. The van der Waals surface area contributed by atoms with Crippen molar-refractivity contribution in [2.75, 3.05) is 11.9 Å². The lowest BCUT2D eigenvalue weighted by Gasteiger charge is -2.07. The van der Waals surface area contributed by atoms with Crippen molar-refractivity contribution in [3.8, 4) is 11.8 Å². The van der Waals surface area contributed by atoms with Crippen molar-refractivity contribution in [1.29, 1.82) is 0 Å². The van der Waals surface area contributed by atoms with E-state index in [0.717, 1.165) is 16.8 Å². The average molecular weight is 264 g/mol. The molecule has 0 saturated heterocycles. The molecule has 0 unspecified atom stereocenters. The van der Waals surface area contributed by atoms with Gasteiger partial charge in [0.1, 0.15) is 0 Å². The van der Waals surface area contributed by atoms with Crippen molar-refractivity contribution >= 4 is 11.6 Å². The lowest BCUT2D eigenvalue weighted by atomic mass is 10.1. The van der Waals surface area contributed by atoms with Crippen LogP contribution in [-0.4, -0.2) is 12.5 Å². The maximum atomic E-state index is 12.1. The van der Waals surface area contributed by atoms with Crippen LogP contribution in [-0.2, 0) is 0 Å². The number of hydrogen-bond acceptors (Lipinski definition) is 2. The summed E-state index contributed by atoms with van der Waals surface area (Å²) in [5, 5.41) is 2.88. The molecule has 1 amide bonds. The van der Waals surface area contributed by atoms with Crippen molar-refractivity contribution in [3.05, 3.63) is 65.2 Å². The van der Waals surface area contributed by atoms with Crippen LogP contribution in [0.1, 0.15) is 21.5 Å². The van der Waals surface area contributed by atoms with Crippen molar-refractivity contribution in [1.82, 2.24) is 0 Å². The standard InChI is InChI=1S/C17H16N2O/c1-13-10-14(6-5-9-18)12-16(11-13)19-17(20)15-7-3-2-4-8-15/h2-4,7-8,10-12H,9,18H2,1H3,(H,19,20). The number of aryl methyl sites for hydroxylation is 1. The molecular formula is C17H16N2O. The number of anilines is 1. The van der Waals surface area contributed by atoms with Crippen LogP contribution in [0.25, 0.3) is 0 Å². The predicted octanol–water partition coefficient (Wildman–Crippen LogP) is 2.56. The largest absolute Gasteiger partial charge is 0.322 e. The van der Waals surface area contributed by atoms with E-state index in [1.165, 1.54) is 0 Å². The third kappa shape index (κ3) is 3.71. The Labute approximate surface area is 118 Å². The lowest BCUT2D eigenvalue weighted by molar-refractivity contribution is 0.102. The zero-order chi connectivity index (χ0) is 14.4. The minimum Gasteiger partial charge on any atom is -0.322 e. The Kier molecular flexibility index (Phi) is 4.54. The van der Waals surface area contributed by atoms with Crippen LogP contribution in [0, 0.1) is 18.8 Å². The molecule has 0 atom stereocenters. The van der Waals surface area contributed by atoms with Gasteiger partial charge in [-0.25, -0.2) is 0 Å². The summed E-state index contributed by atoms with van der Waals surface area (Å²) in [6, 6.07) is 14.8. The Morgan fingerprint density at radius 3 is 2.65 bits per heavy atom. The first-order valence-electron chi connectivity index (χ1n) is 6.36. The van der Waals surface area contributed by atoms with Gasteiger partial charge in [0.2, 0.25) is 0 Å². The predicted molar refractivity (Wildman–Crippen MR) is 81.5 cm³/mol. The maximum Gasteiger partial charge on any atom is 0.255 e. The van der Waals surface area contributed by atoms with Crippen LogP contribution in [0.2, 0.25) is 0 Å². The number of rotatable bonds is 2. The molecule has 3 N–H and O–H groups in total. The second-order valence-electron chi connectivity index (χ2n) is 4.41. The van der Waals surface area contributed by atoms with Crippen LogP contribution in [0.3, 0.4) is 0 Å². The summed E-state index contributed by atoms with van der Waals surface area (Å²) in [6.07, 6.45) is 0. The first kappa shape index (κ1) is 13.9. The van der Waals surface area contributed by atoms with Crippen LogP contribution >= 0.6 is 0 Å². The van der Waals surface area contributed by atoms with E-state index in [4.69, 9.17) is 5.73 Å². The Morgan fingerprint density at radius 1 is 1.20 bits per heavy atom. The van der Waals surface area contributed by atoms with Gasteiger partial charge in [-0.3, -0.25) is 4.79 Å². The van der Waals surface area contributed by atoms with Gasteiger partial charge in [-0.1, -0.05) is 30.0 Å². The van der Waals surface area contributed by atoms with Crippen LogP contribution in [0.15, 0.2) is 48.5 Å². The van der Waals surface area contributed by atoms with Gasteiger partial charge in [0.05, 0.1) is 6.54 Å². The highest BCUT2D eigenvalue weighted by atomic mass is 16.1. The van der Waals surface area contributed by atoms with Gasteiger partial charge in [0.15, 0.2) is 0 Å². The van der Waals surface area contributed by atoms with Crippen molar-refractivity contribution in [3.63, 3.8) is 0 Å². The van der Waals surface area contributed by atoms with Gasteiger partial charge in [-0.15, -0.1) is 0 Å². The normalized spacial score (nSPS) is 9.50. The zero-order valence-corrected chi connectivity index (χ0v) is 11.3. The van der Waals surface area contributed by atoms with Crippen molar-refractivity contribution in [2.45, 2.75) is 6.92 Å². The summed E-state index contributed by atoms with van der Waals surface area (Å²) in [4.78, 5) is 12.1. The average Bonchev–Trinajstić information content (AvgIpc) is 2.45. The fraction of sp³-hybridized carbons (Fsp3) is 0.118. The van der Waals surface area contributed by atoms with E-state index in [1.807, 2.05) is 43.3 Å². The number of nitrogens with one attached hydrogen (secondary N) is 1. The van der Waals surface area contributed by atoms with E-state index < -0.39 is 0 Å². The molecule has 100 valence electrons. The van der Waals surface area contributed by atoms with Gasteiger partial charge in [0.25, 0.3) is 5.91 Å². The van der Waals surface area contributed by atoms with E-state index in [0.29, 0.717) is 12.1 Å². The van der Waals surface area contributed by atoms with Crippen LogP contribution in [0.5, 0.6) is 0 Å². The number of hydrogen-bond donors (Lipinski definition) is 2. The highest BCUT2D eigenvalue weighted by Crippen LogP contribution is 2.15. The molecule has 0 heterocycles. The smallest absolute Gasteiger partial charge is 0.255 e. The highest BCUT2D eigenvalue weighted by Gasteiger charge is 2.05. The van der Waals surface area contributed by atoms with Gasteiger partial charge >= 0.3 is 0 Å². The number of benzene rings is 2. The summed E-state index contributed by atoms with van der Waals surface area (Å²) in [7, 11) is 0. The fourth-order valence-electron chi connectivity index (χ4n) is 1.87. The van der Waals surface area contributed by atoms with E-state index in [1.54, 1.807) is 12.1 Å². The van der Waals surface area contributed by atoms with E-state index >= 15 is 0 Å². The maximum absolute atomic E-state index is 12.1. The molecule has 3 heteroatoms.